The van der Waals surface area contributed by atoms with Crippen LogP contribution in [0.2, 0.25) is 0 Å². The van der Waals surface area contributed by atoms with Crippen molar-refractivity contribution in [2.24, 2.45) is 0 Å². The van der Waals surface area contributed by atoms with Gasteiger partial charge in [0.2, 0.25) is 0 Å². The molecule has 3 aromatic carbocycles. The number of hydrogen-bond acceptors (Lipinski definition) is 7. The second kappa shape index (κ2) is 10.2. The van der Waals surface area contributed by atoms with E-state index in [2.05, 4.69) is 15.3 Å². The lowest BCUT2D eigenvalue weighted by molar-refractivity contribution is 0.0697. The van der Waals surface area contributed by atoms with Gasteiger partial charge in [-0.2, -0.15) is 5.10 Å². The molecule has 5 aromatic rings. The number of nitrogens with one attached hydrogen (secondary N) is 1. The summed E-state index contributed by atoms with van der Waals surface area (Å²) in [7, 11) is 1.51. The Bertz CT molecular complexity index is 1660. The van der Waals surface area contributed by atoms with Gasteiger partial charge in [-0.25, -0.2) is 9.48 Å². The number of carboxylic acid groups (broad SMARTS) is 1. The molecule has 0 unspecified atom stereocenters. The van der Waals surface area contributed by atoms with E-state index in [1.165, 1.54) is 13.2 Å². The number of anilines is 2. The molecule has 0 aliphatic rings. The number of para-hydroxylation sites is 2. The zero-order valence-corrected chi connectivity index (χ0v) is 21.5. The molecule has 0 spiro atoms. The third-order valence-corrected chi connectivity index (χ3v) is 6.23. The van der Waals surface area contributed by atoms with Gasteiger partial charge in [0.1, 0.15) is 23.0 Å². The Morgan fingerprint density at radius 1 is 1.03 bits per heavy atom. The molecule has 0 aliphatic heterocycles. The number of carbonyl (C=O) groups is 1. The Kier molecular flexibility index (Phi) is 6.66. The number of rotatable bonds is 8. The van der Waals surface area contributed by atoms with E-state index in [0.29, 0.717) is 35.2 Å². The first kappa shape index (κ1) is 24.8. The number of aromatic carboxylic acids is 1. The highest BCUT2D eigenvalue weighted by atomic mass is 16.5. The van der Waals surface area contributed by atoms with Crippen LogP contribution in [0, 0.1) is 13.8 Å². The first-order valence-corrected chi connectivity index (χ1v) is 12.1. The number of methoxy groups -OCH3 is 1. The zero-order valence-electron chi connectivity index (χ0n) is 21.5. The van der Waals surface area contributed by atoms with Crippen LogP contribution < -0.4 is 14.8 Å². The molecule has 9 nitrogen and oxygen atoms in total. The Balaban J connectivity index is 1.78. The molecule has 2 heterocycles. The van der Waals surface area contributed by atoms with Gasteiger partial charge >= 0.3 is 5.97 Å². The number of fused-ring (bicyclic) bond motifs is 1. The van der Waals surface area contributed by atoms with Gasteiger partial charge in [-0.05, 0) is 68.3 Å². The van der Waals surface area contributed by atoms with Crippen LogP contribution in [-0.2, 0) is 0 Å². The van der Waals surface area contributed by atoms with E-state index >= 15 is 0 Å². The molecule has 0 radical (unpaired) electrons. The Morgan fingerprint density at radius 3 is 2.53 bits per heavy atom. The van der Waals surface area contributed by atoms with E-state index in [9.17, 15) is 9.90 Å². The third-order valence-electron chi connectivity index (χ3n) is 6.23. The summed E-state index contributed by atoms with van der Waals surface area (Å²) >= 11 is 0. The van der Waals surface area contributed by atoms with Gasteiger partial charge < -0.3 is 19.9 Å². The number of benzene rings is 3. The predicted molar refractivity (Wildman–Crippen MR) is 146 cm³/mol. The van der Waals surface area contributed by atoms with Crippen molar-refractivity contribution in [2.45, 2.75) is 20.8 Å². The van der Waals surface area contributed by atoms with Crippen LogP contribution in [0.3, 0.4) is 0 Å². The van der Waals surface area contributed by atoms with Crippen molar-refractivity contribution in [3.63, 3.8) is 0 Å². The van der Waals surface area contributed by atoms with Crippen molar-refractivity contribution >= 4 is 28.5 Å². The molecular formula is C29H27N5O4. The highest BCUT2D eigenvalue weighted by Gasteiger charge is 2.24. The number of aromatic nitrogens is 4. The quantitative estimate of drug-likeness (QED) is 0.264. The number of hydrogen-bond donors (Lipinski definition) is 2. The number of carboxylic acids is 1. The molecule has 0 bridgehead atoms. The average molecular weight is 510 g/mol. The SMILES string of the molecule is CCOc1ccccc1-n1nc(C)c(-c2ccc3nccnc3c2)c1Nc1c(C)cc(OC)cc1C(=O)O. The van der Waals surface area contributed by atoms with E-state index in [0.717, 1.165) is 33.5 Å². The minimum absolute atomic E-state index is 0.0840. The van der Waals surface area contributed by atoms with Crippen LogP contribution in [0.15, 0.2) is 67.0 Å². The van der Waals surface area contributed by atoms with Crippen molar-refractivity contribution in [1.82, 2.24) is 19.7 Å². The molecule has 2 aromatic heterocycles. The van der Waals surface area contributed by atoms with E-state index in [-0.39, 0.29) is 5.56 Å². The molecule has 0 fully saturated rings. The molecule has 0 atom stereocenters. The summed E-state index contributed by atoms with van der Waals surface area (Å²) in [4.78, 5) is 21.1. The largest absolute Gasteiger partial charge is 0.497 e. The maximum atomic E-state index is 12.3. The average Bonchev–Trinajstić information content (AvgIpc) is 3.24. The van der Waals surface area contributed by atoms with Gasteiger partial charge in [0, 0.05) is 18.0 Å². The van der Waals surface area contributed by atoms with E-state index < -0.39 is 5.97 Å². The van der Waals surface area contributed by atoms with Gasteiger partial charge in [0.25, 0.3) is 0 Å². The van der Waals surface area contributed by atoms with Crippen LogP contribution in [-0.4, -0.2) is 44.5 Å². The lowest BCUT2D eigenvalue weighted by atomic mass is 10.0. The zero-order chi connectivity index (χ0) is 26.8. The number of aryl methyl sites for hydroxylation is 2. The summed E-state index contributed by atoms with van der Waals surface area (Å²) in [6, 6.07) is 16.7. The molecule has 0 saturated carbocycles. The van der Waals surface area contributed by atoms with Crippen LogP contribution in [0.5, 0.6) is 11.5 Å². The van der Waals surface area contributed by atoms with E-state index in [1.54, 1.807) is 23.1 Å². The Morgan fingerprint density at radius 2 is 1.79 bits per heavy atom. The summed E-state index contributed by atoms with van der Waals surface area (Å²) in [6.07, 6.45) is 3.31. The molecule has 192 valence electrons. The van der Waals surface area contributed by atoms with Gasteiger partial charge in [-0.1, -0.05) is 18.2 Å². The first-order valence-electron chi connectivity index (χ1n) is 12.1. The molecular weight excluding hydrogens is 482 g/mol. The van der Waals surface area contributed by atoms with E-state index in [1.807, 2.05) is 63.2 Å². The van der Waals surface area contributed by atoms with Gasteiger partial charge in [0.15, 0.2) is 0 Å². The topological polar surface area (TPSA) is 111 Å². The molecule has 0 aliphatic carbocycles. The number of ether oxygens (including phenoxy) is 2. The summed E-state index contributed by atoms with van der Waals surface area (Å²) in [6.45, 7) is 6.16. The fraction of sp³-hybridized carbons (Fsp3) is 0.172. The lowest BCUT2D eigenvalue weighted by Gasteiger charge is -2.18. The van der Waals surface area contributed by atoms with Crippen molar-refractivity contribution in [3.8, 4) is 28.3 Å². The minimum atomic E-state index is -1.07. The van der Waals surface area contributed by atoms with Gasteiger partial charge in [-0.3, -0.25) is 9.97 Å². The van der Waals surface area contributed by atoms with Crippen LogP contribution in [0.1, 0.15) is 28.5 Å². The highest BCUT2D eigenvalue weighted by Crippen LogP contribution is 2.40. The summed E-state index contributed by atoms with van der Waals surface area (Å²) in [5.41, 5.74) is 5.87. The number of nitrogens with zero attached hydrogens (tertiary/aromatic N) is 4. The minimum Gasteiger partial charge on any atom is -0.497 e. The second-order valence-corrected chi connectivity index (χ2v) is 8.68. The summed E-state index contributed by atoms with van der Waals surface area (Å²) in [5, 5.41) is 18.3. The monoisotopic (exact) mass is 509 g/mol. The van der Waals surface area contributed by atoms with Crippen LogP contribution >= 0.6 is 0 Å². The highest BCUT2D eigenvalue weighted by molar-refractivity contribution is 5.98. The molecule has 0 amide bonds. The van der Waals surface area contributed by atoms with Crippen LogP contribution in [0.4, 0.5) is 11.5 Å². The fourth-order valence-corrected chi connectivity index (χ4v) is 4.52. The summed E-state index contributed by atoms with van der Waals surface area (Å²) in [5.74, 6) is 0.634. The lowest BCUT2D eigenvalue weighted by Crippen LogP contribution is -2.10. The normalized spacial score (nSPS) is 10.9. The predicted octanol–water partition coefficient (Wildman–Crippen LogP) is 5.95. The standard InChI is InChI=1S/C29H27N5O4/c1-5-38-25-9-7-6-8-24(25)34-28(32-27-17(2)14-20(37-4)16-21(27)29(35)36)26(18(3)33-34)19-10-11-22-23(15-19)31-13-12-30-22/h6-16,32H,5H2,1-4H3,(H,35,36). The first-order chi connectivity index (χ1) is 18.4. The molecule has 0 saturated heterocycles. The maximum Gasteiger partial charge on any atom is 0.337 e. The van der Waals surface area contributed by atoms with Crippen molar-refractivity contribution < 1.29 is 19.4 Å². The van der Waals surface area contributed by atoms with Crippen molar-refractivity contribution in [1.29, 1.82) is 0 Å². The van der Waals surface area contributed by atoms with Crippen molar-refractivity contribution in [2.75, 3.05) is 19.0 Å². The molecule has 38 heavy (non-hydrogen) atoms. The Labute approximate surface area is 219 Å². The molecule has 2 N–H and O–H groups in total. The maximum absolute atomic E-state index is 12.3. The third kappa shape index (κ3) is 4.50. The van der Waals surface area contributed by atoms with Crippen molar-refractivity contribution in [3.05, 3.63) is 83.8 Å². The molecule has 9 heteroatoms. The summed E-state index contributed by atoms with van der Waals surface area (Å²) < 4.78 is 13.0. The van der Waals surface area contributed by atoms with Crippen LogP contribution in [0.25, 0.3) is 27.8 Å². The Hall–Kier alpha value is -4.92. The fourth-order valence-electron chi connectivity index (χ4n) is 4.52. The second-order valence-electron chi connectivity index (χ2n) is 8.68. The van der Waals surface area contributed by atoms with Gasteiger partial charge in [0.05, 0.1) is 41.7 Å². The molecule has 5 rings (SSSR count). The van der Waals surface area contributed by atoms with Gasteiger partial charge in [-0.15, -0.1) is 0 Å². The smallest absolute Gasteiger partial charge is 0.337 e. The van der Waals surface area contributed by atoms with E-state index in [4.69, 9.17) is 14.6 Å².